The Morgan fingerprint density at radius 2 is 2.29 bits per heavy atom. The largest absolute Gasteiger partial charge is 0.493 e. The van der Waals surface area contributed by atoms with Crippen LogP contribution in [0.25, 0.3) is 10.9 Å². The lowest BCUT2D eigenvalue weighted by Gasteiger charge is -2.19. The van der Waals surface area contributed by atoms with E-state index in [4.69, 9.17) is 28.0 Å². The summed E-state index contributed by atoms with van der Waals surface area (Å²) in [7, 11) is 3.75. The van der Waals surface area contributed by atoms with Gasteiger partial charge in [0.1, 0.15) is 11.9 Å². The van der Waals surface area contributed by atoms with E-state index in [1.54, 1.807) is 0 Å². The number of aromatic nitrogens is 2. The lowest BCUT2D eigenvalue weighted by molar-refractivity contribution is -0.130. The van der Waals surface area contributed by atoms with Gasteiger partial charge in [-0.3, -0.25) is 4.79 Å². The third-order valence-electron chi connectivity index (χ3n) is 3.97. The SMILES string of the molecule is [2H]N([2H])c1nc(N(C)C([2H])([2H])C([2H])([2H])C([2H])([2H])N([2H])C(=O)C2([2H])CCCO2)nc2cc(OC)c(OC)cc12. The third-order valence-corrected chi connectivity index (χ3v) is 3.97. The topological polar surface area (TPSA) is 112 Å². The van der Waals surface area contributed by atoms with Crippen molar-refractivity contribution in [3.05, 3.63) is 12.1 Å². The van der Waals surface area contributed by atoms with Crippen molar-refractivity contribution < 1.29 is 32.8 Å². The average Bonchev–Trinajstić information content (AvgIpc) is 3.32. The molecule has 2 heterocycles. The summed E-state index contributed by atoms with van der Waals surface area (Å²) in [5.41, 5.74) is 0.209. The van der Waals surface area contributed by atoms with Crippen molar-refractivity contribution in [1.82, 2.24) is 15.3 Å². The molecule has 152 valence electrons. The van der Waals surface area contributed by atoms with Crippen molar-refractivity contribution in [2.24, 2.45) is 0 Å². The maximum absolute atomic E-state index is 12.7. The highest BCUT2D eigenvalue weighted by atomic mass is 16.5. The lowest BCUT2D eigenvalue weighted by atomic mass is 10.2. The molecule has 1 aromatic carbocycles. The van der Waals surface area contributed by atoms with Crippen LogP contribution in [-0.2, 0) is 9.53 Å². The molecule has 1 unspecified atom stereocenters. The second kappa shape index (κ2) is 8.92. The van der Waals surface area contributed by atoms with Crippen molar-refractivity contribution in [3.63, 3.8) is 0 Å². The third kappa shape index (κ3) is 4.36. The fourth-order valence-corrected chi connectivity index (χ4v) is 2.55. The molecule has 0 radical (unpaired) electrons. The minimum absolute atomic E-state index is 0.0316. The highest BCUT2D eigenvalue weighted by Gasteiger charge is 2.22. The van der Waals surface area contributed by atoms with Crippen LogP contribution in [0.3, 0.4) is 0 Å². The van der Waals surface area contributed by atoms with E-state index in [-0.39, 0.29) is 47.0 Å². The number of benzene rings is 1. The van der Waals surface area contributed by atoms with Gasteiger partial charge in [0, 0.05) is 46.3 Å². The molecule has 3 rings (SSSR count). The number of hydrogen-bond donors (Lipinski definition) is 2. The Morgan fingerprint density at radius 3 is 2.96 bits per heavy atom. The number of carbonyl (C=O) groups excluding carboxylic acids is 1. The number of hydrogen-bond acceptors (Lipinski definition) is 8. The van der Waals surface area contributed by atoms with Crippen molar-refractivity contribution in [1.29, 1.82) is 0 Å². The molecule has 0 aliphatic carbocycles. The fraction of sp³-hybridized carbons (Fsp3) is 0.526. The van der Waals surface area contributed by atoms with Crippen LogP contribution in [0.5, 0.6) is 11.5 Å². The van der Waals surface area contributed by atoms with Crippen molar-refractivity contribution >= 4 is 28.6 Å². The molecule has 1 aliphatic heterocycles. The number of rotatable bonds is 9. The van der Waals surface area contributed by atoms with Gasteiger partial charge >= 0.3 is 0 Å². The molecule has 1 atom stereocenters. The molecule has 0 spiro atoms. The summed E-state index contributed by atoms with van der Waals surface area (Å²) in [5, 5.41) is -0.250. The van der Waals surface area contributed by atoms with E-state index in [0.29, 0.717) is 11.3 Å². The number of nitrogen functional groups attached to an aromatic ring is 1. The first-order valence-electron chi connectivity index (χ1n) is 13.2. The number of nitrogens with zero attached hydrogens (tertiary/aromatic N) is 3. The van der Waals surface area contributed by atoms with Gasteiger partial charge in [0.25, 0.3) is 0 Å². The number of carbonyl (C=O) groups is 1. The number of nitrogens with one attached hydrogen (secondary N) is 1. The van der Waals surface area contributed by atoms with Gasteiger partial charge in [-0.1, -0.05) is 0 Å². The van der Waals surface area contributed by atoms with Crippen LogP contribution in [0.1, 0.15) is 28.8 Å². The van der Waals surface area contributed by atoms with Gasteiger partial charge in [-0.15, -0.1) is 0 Å². The molecule has 9 heteroatoms. The molecule has 1 amide bonds. The Bertz CT molecular complexity index is 1210. The summed E-state index contributed by atoms with van der Waals surface area (Å²) in [4.78, 5) is 21.4. The summed E-state index contributed by atoms with van der Waals surface area (Å²) in [6.07, 6.45) is -5.72. The standard InChI is InChI=1S/C19H27N5O4/c1-24(8-5-7-21-18(25)14-6-4-9-28-14)19-22-13-11-16(27-3)15(26-2)10-12(13)17(20)23-19/h10-11,14H,4-9H2,1-3H3,(H,21,25)(H2,20,22,23)/i5D2,7D2,8D2,14D/hD3. The van der Waals surface area contributed by atoms with Gasteiger partial charge in [-0.05, 0) is 25.3 Å². The van der Waals surface area contributed by atoms with Gasteiger partial charge in [0.2, 0.25) is 11.9 Å². The second-order valence-electron chi connectivity index (χ2n) is 5.77. The summed E-state index contributed by atoms with van der Waals surface area (Å²) < 4.78 is 97.2. The first kappa shape index (κ1) is 10.7. The molecule has 2 aromatic rings. The van der Waals surface area contributed by atoms with Crippen LogP contribution in [0.4, 0.5) is 11.8 Å². The first-order chi connectivity index (χ1) is 17.5. The number of amides is 1. The number of methoxy groups -OCH3 is 2. The molecule has 3 N–H and O–H groups in total. The summed E-state index contributed by atoms with van der Waals surface area (Å²) in [6.45, 7) is -6.89. The van der Waals surface area contributed by atoms with Crippen molar-refractivity contribution in [2.45, 2.75) is 25.3 Å². The van der Waals surface area contributed by atoms with Crippen LogP contribution in [0.15, 0.2) is 12.1 Å². The van der Waals surface area contributed by atoms with Crippen molar-refractivity contribution in [2.75, 3.05) is 51.5 Å². The Morgan fingerprint density at radius 1 is 1.50 bits per heavy atom. The number of nitrogens with two attached hydrogens (primary N) is 1. The Labute approximate surface area is 178 Å². The molecule has 28 heavy (non-hydrogen) atoms. The predicted octanol–water partition coefficient (Wildman–Crippen LogP) is 1.35. The van der Waals surface area contributed by atoms with E-state index in [9.17, 15) is 4.79 Å². The van der Waals surface area contributed by atoms with E-state index in [0.717, 1.165) is 7.05 Å². The van der Waals surface area contributed by atoms with E-state index in [1.165, 1.54) is 26.4 Å². The average molecular weight is 400 g/mol. The molecule has 0 bridgehead atoms. The minimum atomic E-state index is -3.61. The van der Waals surface area contributed by atoms with Gasteiger partial charge in [0.15, 0.2) is 15.7 Å². The van der Waals surface area contributed by atoms with E-state index in [1.807, 2.05) is 0 Å². The monoisotopic (exact) mass is 399 g/mol. The lowest BCUT2D eigenvalue weighted by Crippen LogP contribution is -2.36. The minimum Gasteiger partial charge on any atom is -0.493 e. The second-order valence-corrected chi connectivity index (χ2v) is 5.77. The summed E-state index contributed by atoms with van der Waals surface area (Å²) >= 11 is 0. The molecular formula is C19H27N5O4. The predicted molar refractivity (Wildman–Crippen MR) is 107 cm³/mol. The maximum Gasteiger partial charge on any atom is 0.249 e. The Balaban J connectivity index is 2.08. The fourth-order valence-electron chi connectivity index (χ4n) is 2.55. The number of fused-ring (bicyclic) bond motifs is 1. The smallest absolute Gasteiger partial charge is 0.249 e. The van der Waals surface area contributed by atoms with Crippen LogP contribution in [0, 0.1) is 0 Å². The van der Waals surface area contributed by atoms with E-state index in [2.05, 4.69) is 9.97 Å². The van der Waals surface area contributed by atoms with Gasteiger partial charge in [-0.25, -0.2) is 4.98 Å². The first-order valence-corrected chi connectivity index (χ1v) is 8.39. The van der Waals surface area contributed by atoms with E-state index < -0.39 is 42.6 Å². The Hall–Kier alpha value is -2.81. The molecular weight excluding hydrogens is 362 g/mol. The summed E-state index contributed by atoms with van der Waals surface area (Å²) in [5.74, 6) is -1.88. The molecule has 1 aliphatic rings. The van der Waals surface area contributed by atoms with Crippen molar-refractivity contribution in [3.8, 4) is 11.5 Å². The highest BCUT2D eigenvalue weighted by molar-refractivity contribution is 5.91. The quantitative estimate of drug-likeness (QED) is 0.650. The van der Waals surface area contributed by atoms with Crippen LogP contribution in [0.2, 0.25) is 4.24 Å². The normalized spacial score (nSPS) is 25.4. The zero-order valence-electron chi connectivity index (χ0n) is 25.6. The summed E-state index contributed by atoms with van der Waals surface area (Å²) in [6, 6.07) is 2.78. The molecule has 0 saturated carbocycles. The maximum atomic E-state index is 12.7. The molecule has 1 saturated heterocycles. The van der Waals surface area contributed by atoms with E-state index >= 15 is 0 Å². The zero-order chi connectivity index (χ0) is 28.8. The van der Waals surface area contributed by atoms with Crippen LogP contribution >= 0.6 is 0 Å². The van der Waals surface area contributed by atoms with Crippen LogP contribution in [-0.4, -0.2) is 62.8 Å². The van der Waals surface area contributed by atoms with Gasteiger partial charge in [0.05, 0.1) is 21.1 Å². The van der Waals surface area contributed by atoms with Gasteiger partial charge in [-0.2, -0.15) is 4.98 Å². The Kier molecular flexibility index (Phi) is 3.39. The van der Waals surface area contributed by atoms with Crippen LogP contribution < -0.4 is 25.4 Å². The molecule has 1 aromatic heterocycles. The molecule has 9 nitrogen and oxygen atoms in total. The molecule has 1 fully saturated rings. The number of ether oxygens (including phenoxy) is 3. The number of anilines is 2. The van der Waals surface area contributed by atoms with Gasteiger partial charge < -0.3 is 30.1 Å². The zero-order valence-corrected chi connectivity index (χ0v) is 15.6. The highest BCUT2D eigenvalue weighted by Crippen LogP contribution is 2.33.